The summed E-state index contributed by atoms with van der Waals surface area (Å²) in [4.78, 5) is 0. The van der Waals surface area contributed by atoms with Crippen LogP contribution in [0.25, 0.3) is 11.1 Å². The van der Waals surface area contributed by atoms with Crippen molar-refractivity contribution in [2.75, 3.05) is 20.0 Å². The topological polar surface area (TPSA) is 62.3 Å². The van der Waals surface area contributed by atoms with Crippen LogP contribution in [-0.2, 0) is 7.05 Å². The number of nitrogens with zero attached hydrogens (tertiary/aromatic N) is 2. The number of nitrogens with two attached hydrogens (primary N) is 1. The van der Waals surface area contributed by atoms with Gasteiger partial charge in [-0.25, -0.2) is 0 Å². The van der Waals surface area contributed by atoms with Gasteiger partial charge in [0.2, 0.25) is 0 Å². The van der Waals surface area contributed by atoms with Crippen molar-refractivity contribution in [3.63, 3.8) is 0 Å². The van der Waals surface area contributed by atoms with Crippen LogP contribution in [0.3, 0.4) is 0 Å². The van der Waals surface area contributed by atoms with Crippen molar-refractivity contribution in [2.45, 2.75) is 0 Å². The number of rotatable bonds is 3. The van der Waals surface area contributed by atoms with Gasteiger partial charge in [-0.3, -0.25) is 4.68 Å². The van der Waals surface area contributed by atoms with E-state index in [2.05, 4.69) is 21.0 Å². The van der Waals surface area contributed by atoms with Gasteiger partial charge in [0, 0.05) is 12.6 Å². The number of aryl methyl sites for hydroxylation is 1. The van der Waals surface area contributed by atoms with E-state index in [1.807, 2.05) is 12.1 Å². The minimum absolute atomic E-state index is 0.606. The average Bonchev–Trinajstić information content (AvgIpc) is 2.69. The number of hydrogen-bond acceptors (Lipinski definition) is 4. The second-order valence-corrected chi connectivity index (χ2v) is 4.62. The van der Waals surface area contributed by atoms with Crippen LogP contribution in [0.1, 0.15) is 0 Å². The molecule has 1 aromatic carbocycles. The Balaban J connectivity index is 2.59. The van der Waals surface area contributed by atoms with E-state index in [0.717, 1.165) is 15.6 Å². The van der Waals surface area contributed by atoms with E-state index < -0.39 is 0 Å². The van der Waals surface area contributed by atoms with E-state index >= 15 is 0 Å². The van der Waals surface area contributed by atoms with Crippen molar-refractivity contribution < 1.29 is 9.47 Å². The quantitative estimate of drug-likeness (QED) is 0.945. The Labute approximate surface area is 114 Å². The molecule has 0 atom stereocenters. The van der Waals surface area contributed by atoms with E-state index in [1.165, 1.54) is 0 Å². The van der Waals surface area contributed by atoms with Crippen LogP contribution in [0.4, 0.5) is 5.82 Å². The summed E-state index contributed by atoms with van der Waals surface area (Å²) in [7, 11) is 5.00. The van der Waals surface area contributed by atoms with E-state index in [4.69, 9.17) is 15.2 Å². The molecule has 0 amide bonds. The van der Waals surface area contributed by atoms with Gasteiger partial charge in [0.05, 0.1) is 24.9 Å². The molecule has 2 aromatic rings. The molecule has 0 bridgehead atoms. The largest absolute Gasteiger partial charge is 0.493 e. The molecule has 0 aliphatic heterocycles. The van der Waals surface area contributed by atoms with Gasteiger partial charge in [-0.2, -0.15) is 5.10 Å². The fraction of sp³-hybridized carbons (Fsp3) is 0.250. The van der Waals surface area contributed by atoms with Gasteiger partial charge in [0.15, 0.2) is 11.5 Å². The van der Waals surface area contributed by atoms with E-state index in [0.29, 0.717) is 17.3 Å². The second kappa shape index (κ2) is 4.89. The van der Waals surface area contributed by atoms with Gasteiger partial charge in [-0.1, -0.05) is 0 Å². The molecular formula is C12H14BrN3O2. The van der Waals surface area contributed by atoms with Crippen molar-refractivity contribution in [3.8, 4) is 22.6 Å². The molecule has 0 aliphatic rings. The molecule has 18 heavy (non-hydrogen) atoms. The Hall–Kier alpha value is -1.69. The summed E-state index contributed by atoms with van der Waals surface area (Å²) in [5.41, 5.74) is 7.74. The summed E-state index contributed by atoms with van der Waals surface area (Å²) in [5.74, 6) is 1.91. The van der Waals surface area contributed by atoms with Crippen LogP contribution in [-0.4, -0.2) is 24.0 Å². The Morgan fingerprint density at radius 3 is 2.50 bits per heavy atom. The van der Waals surface area contributed by atoms with Gasteiger partial charge in [-0.15, -0.1) is 0 Å². The third-order valence-corrected chi connectivity index (χ3v) is 3.32. The summed E-state index contributed by atoms with van der Waals surface area (Å²) in [6, 6.07) is 3.80. The smallest absolute Gasteiger partial charge is 0.174 e. The molecule has 0 fully saturated rings. The third kappa shape index (κ3) is 2.03. The molecule has 0 spiro atoms. The number of anilines is 1. The minimum atomic E-state index is 0.606. The molecule has 0 aliphatic carbocycles. The highest BCUT2D eigenvalue weighted by atomic mass is 79.9. The number of benzene rings is 1. The first-order valence-corrected chi connectivity index (χ1v) is 6.07. The predicted molar refractivity (Wildman–Crippen MR) is 73.9 cm³/mol. The summed E-state index contributed by atoms with van der Waals surface area (Å²) in [6.45, 7) is 0. The fourth-order valence-electron chi connectivity index (χ4n) is 1.74. The van der Waals surface area contributed by atoms with Crippen molar-refractivity contribution >= 4 is 21.7 Å². The van der Waals surface area contributed by atoms with E-state index in [-0.39, 0.29) is 0 Å². The first kappa shape index (κ1) is 12.8. The van der Waals surface area contributed by atoms with E-state index in [1.54, 1.807) is 32.1 Å². The standard InChI is InChI=1S/C12H14BrN3O2/c1-16-12(14)8(6-15-16)7-4-9(13)11(18-3)10(5-7)17-2/h4-6H,14H2,1-3H3. The first-order chi connectivity index (χ1) is 8.58. The van der Waals surface area contributed by atoms with Crippen LogP contribution in [0.15, 0.2) is 22.8 Å². The number of methoxy groups -OCH3 is 2. The maximum Gasteiger partial charge on any atom is 0.174 e. The molecule has 5 nitrogen and oxygen atoms in total. The monoisotopic (exact) mass is 311 g/mol. The van der Waals surface area contributed by atoms with Gasteiger partial charge < -0.3 is 15.2 Å². The molecule has 0 radical (unpaired) electrons. The summed E-state index contributed by atoms with van der Waals surface area (Å²) in [5, 5.41) is 4.12. The molecule has 96 valence electrons. The van der Waals surface area contributed by atoms with Gasteiger partial charge in [0.1, 0.15) is 5.82 Å². The fourth-order valence-corrected chi connectivity index (χ4v) is 2.35. The zero-order chi connectivity index (χ0) is 13.3. The molecule has 6 heteroatoms. The molecule has 0 saturated heterocycles. The lowest BCUT2D eigenvalue weighted by Crippen LogP contribution is -1.98. The highest BCUT2D eigenvalue weighted by molar-refractivity contribution is 9.10. The van der Waals surface area contributed by atoms with Gasteiger partial charge in [0.25, 0.3) is 0 Å². The third-order valence-electron chi connectivity index (χ3n) is 2.73. The Kier molecular flexibility index (Phi) is 3.47. The van der Waals surface area contributed by atoms with Crippen LogP contribution in [0.5, 0.6) is 11.5 Å². The number of hydrogen-bond donors (Lipinski definition) is 1. The average molecular weight is 312 g/mol. The van der Waals surface area contributed by atoms with Crippen molar-refractivity contribution in [1.82, 2.24) is 9.78 Å². The van der Waals surface area contributed by atoms with Crippen LogP contribution >= 0.6 is 15.9 Å². The van der Waals surface area contributed by atoms with Crippen molar-refractivity contribution in [3.05, 3.63) is 22.8 Å². The maximum atomic E-state index is 5.96. The molecule has 2 N–H and O–H groups in total. The summed E-state index contributed by atoms with van der Waals surface area (Å²) >= 11 is 3.45. The lowest BCUT2D eigenvalue weighted by molar-refractivity contribution is 0.353. The highest BCUT2D eigenvalue weighted by Gasteiger charge is 2.14. The summed E-state index contributed by atoms with van der Waals surface area (Å²) < 4.78 is 13.0. The molecule has 0 saturated carbocycles. The highest BCUT2D eigenvalue weighted by Crippen LogP contribution is 2.40. The normalized spacial score (nSPS) is 10.4. The van der Waals surface area contributed by atoms with Crippen LogP contribution in [0.2, 0.25) is 0 Å². The van der Waals surface area contributed by atoms with Gasteiger partial charge in [-0.05, 0) is 33.6 Å². The molecule has 1 heterocycles. The SMILES string of the molecule is COc1cc(-c2cnn(C)c2N)cc(Br)c1OC. The molecule has 0 unspecified atom stereocenters. The number of aromatic nitrogens is 2. The predicted octanol–water partition coefficient (Wildman–Crippen LogP) is 2.45. The molecular weight excluding hydrogens is 298 g/mol. The van der Waals surface area contributed by atoms with Crippen molar-refractivity contribution in [1.29, 1.82) is 0 Å². The minimum Gasteiger partial charge on any atom is -0.493 e. The number of ether oxygens (including phenoxy) is 2. The maximum absolute atomic E-state index is 5.96. The van der Waals surface area contributed by atoms with Gasteiger partial charge >= 0.3 is 0 Å². The lowest BCUT2D eigenvalue weighted by atomic mass is 10.1. The zero-order valence-electron chi connectivity index (χ0n) is 10.4. The summed E-state index contributed by atoms with van der Waals surface area (Å²) in [6.07, 6.45) is 1.73. The van der Waals surface area contributed by atoms with Crippen molar-refractivity contribution in [2.24, 2.45) is 7.05 Å². The number of nitrogen functional groups attached to an aromatic ring is 1. The molecule has 1 aromatic heterocycles. The zero-order valence-corrected chi connectivity index (χ0v) is 12.0. The van der Waals surface area contributed by atoms with Crippen LogP contribution in [0, 0.1) is 0 Å². The first-order valence-electron chi connectivity index (χ1n) is 5.27. The number of halogens is 1. The van der Waals surface area contributed by atoms with E-state index in [9.17, 15) is 0 Å². The Morgan fingerprint density at radius 1 is 1.28 bits per heavy atom. The Bertz CT molecular complexity index is 581. The lowest BCUT2D eigenvalue weighted by Gasteiger charge is -2.11. The Morgan fingerprint density at radius 2 is 2.00 bits per heavy atom. The van der Waals surface area contributed by atoms with Crippen LogP contribution < -0.4 is 15.2 Å². The second-order valence-electron chi connectivity index (χ2n) is 3.76. The molecule has 2 rings (SSSR count).